The van der Waals surface area contributed by atoms with Gasteiger partial charge >= 0.3 is 0 Å². The molecule has 0 unspecified atom stereocenters. The van der Waals surface area contributed by atoms with Crippen molar-refractivity contribution in [1.82, 2.24) is 4.90 Å². The van der Waals surface area contributed by atoms with E-state index in [0.717, 1.165) is 44.2 Å². The molecule has 0 saturated heterocycles. The maximum atomic E-state index is 13.7. The number of hydrogen-bond acceptors (Lipinski definition) is 2. The molecule has 1 N–H and O–H groups in total. The predicted octanol–water partition coefficient (Wildman–Crippen LogP) is 11.5. The van der Waals surface area contributed by atoms with Gasteiger partial charge in [0, 0.05) is 28.9 Å². The minimum atomic E-state index is -0.0907. The fraction of sp³-hybridized carbons (Fsp3) is 0.686. The predicted molar refractivity (Wildman–Crippen MR) is 170 cm³/mol. The fourth-order valence-electron chi connectivity index (χ4n) is 5.54. The third-order valence-electron chi connectivity index (χ3n) is 8.05. The van der Waals surface area contributed by atoms with Crippen LogP contribution in [-0.4, -0.2) is 29.0 Å². The molecule has 0 aliphatic carbocycles. The summed E-state index contributed by atoms with van der Waals surface area (Å²) in [5.41, 5.74) is 0.331. The first-order valence-corrected chi connectivity index (χ1v) is 16.7. The lowest BCUT2D eigenvalue weighted by atomic mass is 10.0. The van der Waals surface area contributed by atoms with Gasteiger partial charge in [-0.2, -0.15) is 0 Å². The maximum absolute atomic E-state index is 13.7. The van der Waals surface area contributed by atoms with E-state index in [9.17, 15) is 9.90 Å². The van der Waals surface area contributed by atoms with Crippen LogP contribution in [0.1, 0.15) is 153 Å². The Morgan fingerprint density at radius 1 is 0.641 bits per heavy atom. The van der Waals surface area contributed by atoms with Gasteiger partial charge in [-0.05, 0) is 18.9 Å². The Morgan fingerprint density at radius 3 is 1.46 bits per heavy atom. The maximum Gasteiger partial charge on any atom is 0.257 e. The molecule has 3 nitrogen and oxygen atoms in total. The summed E-state index contributed by atoms with van der Waals surface area (Å²) < 4.78 is 0. The van der Waals surface area contributed by atoms with Crippen molar-refractivity contribution in [2.45, 2.75) is 142 Å². The molecule has 0 spiro atoms. The lowest BCUT2D eigenvalue weighted by molar-refractivity contribution is 0.0746. The van der Waals surface area contributed by atoms with Crippen LogP contribution in [0.15, 0.2) is 30.3 Å². The quantitative estimate of drug-likeness (QED) is 0.138. The first-order valence-electron chi connectivity index (χ1n) is 16.3. The second-order valence-electron chi connectivity index (χ2n) is 11.5. The van der Waals surface area contributed by atoms with E-state index in [1.807, 2.05) is 29.2 Å². The van der Waals surface area contributed by atoms with Crippen LogP contribution in [0.5, 0.6) is 5.75 Å². The highest BCUT2D eigenvalue weighted by Gasteiger charge is 2.21. The van der Waals surface area contributed by atoms with Crippen LogP contribution >= 0.6 is 11.6 Å². The second-order valence-corrected chi connectivity index (χ2v) is 11.9. The Labute approximate surface area is 244 Å². The first kappa shape index (κ1) is 33.5. The molecule has 0 heterocycles. The normalized spacial score (nSPS) is 11.4. The number of nitrogens with zero attached hydrogens (tertiary/aromatic N) is 1. The number of fused-ring (bicyclic) bond motifs is 1. The van der Waals surface area contributed by atoms with Crippen molar-refractivity contribution in [3.8, 4) is 5.75 Å². The van der Waals surface area contributed by atoms with Crippen molar-refractivity contribution in [2.24, 2.45) is 0 Å². The Hall–Kier alpha value is -1.74. The SMILES string of the molecule is CCCCCCCCCCCCN(CCCCCCCCCCCC)C(=O)c1cc(Cl)c2ccccc2c1O. The summed E-state index contributed by atoms with van der Waals surface area (Å²) in [5, 5.41) is 12.9. The molecule has 0 atom stereocenters. The van der Waals surface area contributed by atoms with Gasteiger partial charge in [0.2, 0.25) is 0 Å². The van der Waals surface area contributed by atoms with Gasteiger partial charge in [0.1, 0.15) is 5.75 Å². The zero-order chi connectivity index (χ0) is 28.1. The van der Waals surface area contributed by atoms with Gasteiger partial charge in [-0.3, -0.25) is 4.79 Å². The lowest BCUT2D eigenvalue weighted by Gasteiger charge is -2.24. The van der Waals surface area contributed by atoms with E-state index in [1.165, 1.54) is 103 Å². The molecule has 0 fully saturated rings. The number of hydrogen-bond donors (Lipinski definition) is 1. The van der Waals surface area contributed by atoms with Gasteiger partial charge < -0.3 is 10.0 Å². The molecule has 1 amide bonds. The minimum Gasteiger partial charge on any atom is -0.506 e. The van der Waals surface area contributed by atoms with Crippen LogP contribution < -0.4 is 0 Å². The van der Waals surface area contributed by atoms with E-state index in [1.54, 1.807) is 6.07 Å². The molecule has 0 bridgehead atoms. The van der Waals surface area contributed by atoms with Crippen molar-refractivity contribution >= 4 is 28.3 Å². The minimum absolute atomic E-state index is 0.0520. The number of rotatable bonds is 23. The average molecular weight is 558 g/mol. The van der Waals surface area contributed by atoms with Gasteiger partial charge in [-0.15, -0.1) is 0 Å². The van der Waals surface area contributed by atoms with Crippen LogP contribution in [0.25, 0.3) is 10.8 Å². The summed E-state index contributed by atoms with van der Waals surface area (Å²) in [6.07, 6.45) is 25.6. The highest BCUT2D eigenvalue weighted by molar-refractivity contribution is 6.36. The summed E-state index contributed by atoms with van der Waals surface area (Å²) >= 11 is 6.53. The largest absolute Gasteiger partial charge is 0.506 e. The van der Waals surface area contributed by atoms with Crippen LogP contribution in [0, 0.1) is 0 Å². The molecule has 2 rings (SSSR count). The smallest absolute Gasteiger partial charge is 0.257 e. The Morgan fingerprint density at radius 2 is 1.03 bits per heavy atom. The van der Waals surface area contributed by atoms with Gasteiger partial charge in [-0.25, -0.2) is 0 Å². The topological polar surface area (TPSA) is 40.5 Å². The number of amides is 1. The standard InChI is InChI=1S/C35H56ClNO2/c1-3-5-7-9-11-13-15-17-19-23-27-37(28-24-20-18-16-14-12-10-8-6-4-2)35(39)32-29-33(36)30-25-21-22-26-31(30)34(32)38/h21-22,25-26,29,38H,3-20,23-24,27-28H2,1-2H3. The summed E-state index contributed by atoms with van der Waals surface area (Å²) in [4.78, 5) is 15.6. The number of aromatic hydroxyl groups is 1. The third-order valence-corrected chi connectivity index (χ3v) is 8.36. The summed E-state index contributed by atoms with van der Waals surface area (Å²) in [7, 11) is 0. The van der Waals surface area contributed by atoms with Gasteiger partial charge in [0.25, 0.3) is 5.91 Å². The molecule has 0 aliphatic rings. The molecule has 2 aromatic carbocycles. The molecule has 220 valence electrons. The Balaban J connectivity index is 1.85. The van der Waals surface area contributed by atoms with E-state index in [2.05, 4.69) is 13.8 Å². The highest BCUT2D eigenvalue weighted by Crippen LogP contribution is 2.35. The summed E-state index contributed by atoms with van der Waals surface area (Å²) in [5.74, 6) is -0.0388. The monoisotopic (exact) mass is 557 g/mol. The molecule has 4 heteroatoms. The van der Waals surface area contributed by atoms with Crippen LogP contribution in [0.2, 0.25) is 5.02 Å². The number of carbonyl (C=O) groups excluding carboxylic acids is 1. The van der Waals surface area contributed by atoms with Gasteiger partial charge in [0.05, 0.1) is 5.56 Å². The summed E-state index contributed by atoms with van der Waals surface area (Å²) in [6, 6.07) is 9.15. The van der Waals surface area contributed by atoms with Crippen molar-refractivity contribution in [3.05, 3.63) is 40.9 Å². The third kappa shape index (κ3) is 13.0. The molecule has 0 saturated carbocycles. The number of phenols is 1. The van der Waals surface area contributed by atoms with Crippen molar-refractivity contribution in [3.63, 3.8) is 0 Å². The van der Waals surface area contributed by atoms with Crippen LogP contribution in [-0.2, 0) is 0 Å². The van der Waals surface area contributed by atoms with E-state index in [0.29, 0.717) is 16.0 Å². The Kier molecular flexibility index (Phi) is 18.1. The molecule has 0 radical (unpaired) electrons. The lowest BCUT2D eigenvalue weighted by Crippen LogP contribution is -2.33. The fourth-order valence-corrected chi connectivity index (χ4v) is 5.82. The molecule has 39 heavy (non-hydrogen) atoms. The number of unbranched alkanes of at least 4 members (excludes halogenated alkanes) is 18. The van der Waals surface area contributed by atoms with Crippen molar-refractivity contribution < 1.29 is 9.90 Å². The molecule has 2 aromatic rings. The van der Waals surface area contributed by atoms with Crippen molar-refractivity contribution in [1.29, 1.82) is 0 Å². The van der Waals surface area contributed by atoms with E-state index >= 15 is 0 Å². The van der Waals surface area contributed by atoms with Crippen LogP contribution in [0.3, 0.4) is 0 Å². The number of carbonyl (C=O) groups is 1. The highest BCUT2D eigenvalue weighted by atomic mass is 35.5. The molecular weight excluding hydrogens is 502 g/mol. The molecule has 0 aromatic heterocycles. The average Bonchev–Trinajstić information content (AvgIpc) is 2.95. The molecule has 0 aliphatic heterocycles. The zero-order valence-electron chi connectivity index (χ0n) is 25.1. The van der Waals surface area contributed by atoms with Crippen LogP contribution in [0.4, 0.5) is 0 Å². The number of benzene rings is 2. The van der Waals surface area contributed by atoms with Gasteiger partial charge in [0.15, 0.2) is 0 Å². The van der Waals surface area contributed by atoms with E-state index in [4.69, 9.17) is 11.6 Å². The second kappa shape index (κ2) is 21.1. The van der Waals surface area contributed by atoms with E-state index in [-0.39, 0.29) is 11.7 Å². The molecular formula is C35H56ClNO2. The summed E-state index contributed by atoms with van der Waals surface area (Å²) in [6.45, 7) is 6.02. The number of phenolic OH excluding ortho intramolecular Hbond substituents is 1. The van der Waals surface area contributed by atoms with Gasteiger partial charge in [-0.1, -0.05) is 165 Å². The zero-order valence-corrected chi connectivity index (χ0v) is 25.9. The van der Waals surface area contributed by atoms with E-state index < -0.39 is 0 Å². The first-order chi connectivity index (χ1) is 19.1. The Bertz CT molecular complexity index is 904. The number of halogens is 1. The van der Waals surface area contributed by atoms with Crippen molar-refractivity contribution in [2.75, 3.05) is 13.1 Å².